The first kappa shape index (κ1) is 22.5. The Bertz CT molecular complexity index is 1250. The van der Waals surface area contributed by atoms with Crippen molar-refractivity contribution in [3.05, 3.63) is 64.3 Å². The summed E-state index contributed by atoms with van der Waals surface area (Å²) in [5.41, 5.74) is 0.474. The van der Waals surface area contributed by atoms with Crippen molar-refractivity contribution in [3.8, 4) is 29.2 Å². The molecule has 31 heavy (non-hydrogen) atoms. The molecule has 0 fully saturated rings. The molecule has 1 unspecified atom stereocenters. The first-order valence-corrected chi connectivity index (χ1v) is 8.88. The predicted molar refractivity (Wildman–Crippen MR) is 110 cm³/mol. The number of nitrogens with zero attached hydrogens (tertiary/aromatic N) is 4. The van der Waals surface area contributed by atoms with Crippen LogP contribution in [0.25, 0.3) is 22.6 Å². The van der Waals surface area contributed by atoms with Gasteiger partial charge in [0.15, 0.2) is 11.2 Å². The Balaban J connectivity index is 0.00000272. The number of nitriles is 1. The molecule has 0 aliphatic rings. The van der Waals surface area contributed by atoms with Crippen LogP contribution in [0.5, 0.6) is 11.5 Å². The normalized spacial score (nSPS) is 11.4. The Morgan fingerprint density at radius 3 is 2.65 bits per heavy atom. The van der Waals surface area contributed by atoms with Gasteiger partial charge in [-0.15, -0.1) is 10.2 Å². The van der Waals surface area contributed by atoms with Crippen molar-refractivity contribution in [3.63, 3.8) is 0 Å². The van der Waals surface area contributed by atoms with Crippen molar-refractivity contribution < 1.29 is 19.0 Å². The molecule has 2 aromatic heterocycles. The molecule has 4 aromatic rings. The molecular formula is C20H15N5NaO5. The summed E-state index contributed by atoms with van der Waals surface area (Å²) in [6, 6.07) is 14.7. The first-order valence-electron chi connectivity index (χ1n) is 8.88. The van der Waals surface area contributed by atoms with Crippen LogP contribution in [0.15, 0.2) is 57.7 Å². The van der Waals surface area contributed by atoms with Gasteiger partial charge < -0.3 is 19.0 Å². The molecule has 1 atom stereocenters. The van der Waals surface area contributed by atoms with Crippen molar-refractivity contribution >= 4 is 40.5 Å². The number of hydrogen-bond acceptors (Lipinski definition) is 9. The Morgan fingerprint density at radius 2 is 1.94 bits per heavy atom. The van der Waals surface area contributed by atoms with Crippen LogP contribution in [0.1, 0.15) is 5.56 Å². The van der Waals surface area contributed by atoms with Gasteiger partial charge in [-0.2, -0.15) is 10.5 Å². The van der Waals surface area contributed by atoms with Gasteiger partial charge in [-0.1, -0.05) is 6.07 Å². The molecule has 0 saturated heterocycles. The largest absolute Gasteiger partial charge is 0.491 e. The molecule has 11 heteroatoms. The number of ether oxygens (including phenoxy) is 2. The molecule has 0 amide bonds. The van der Waals surface area contributed by atoms with Gasteiger partial charge in [0, 0.05) is 35.6 Å². The Hall–Kier alpha value is -3.23. The summed E-state index contributed by atoms with van der Waals surface area (Å²) in [6.45, 7) is -0.116. The van der Waals surface area contributed by atoms with Crippen molar-refractivity contribution in [2.24, 2.45) is 0 Å². The molecular weight excluding hydrogens is 413 g/mol. The zero-order valence-electron chi connectivity index (χ0n) is 16.5. The number of benzene rings is 2. The second kappa shape index (κ2) is 10.2. The summed E-state index contributed by atoms with van der Waals surface area (Å²) in [5, 5.41) is 32.5. The minimum atomic E-state index is -0.943. The average molecular weight is 428 g/mol. The minimum absolute atomic E-state index is 0. The van der Waals surface area contributed by atoms with Crippen molar-refractivity contribution in [1.29, 1.82) is 5.26 Å². The van der Waals surface area contributed by atoms with Crippen molar-refractivity contribution in [2.45, 2.75) is 6.10 Å². The molecule has 0 saturated carbocycles. The Morgan fingerprint density at radius 1 is 1.16 bits per heavy atom. The Labute approximate surface area is 197 Å². The van der Waals surface area contributed by atoms with Gasteiger partial charge in [-0.3, -0.25) is 4.79 Å². The van der Waals surface area contributed by atoms with Gasteiger partial charge in [0.25, 0.3) is 0 Å². The van der Waals surface area contributed by atoms with Crippen molar-refractivity contribution in [1.82, 2.24) is 20.6 Å². The summed E-state index contributed by atoms with van der Waals surface area (Å²) in [6.07, 6.45) is -0.943. The number of aliphatic hydroxyl groups is 1. The summed E-state index contributed by atoms with van der Waals surface area (Å²) in [5.74, 6) is 1.14. The van der Waals surface area contributed by atoms with E-state index in [2.05, 4.69) is 20.6 Å². The van der Waals surface area contributed by atoms with Crippen LogP contribution < -0.4 is 14.9 Å². The second-order valence-electron chi connectivity index (χ2n) is 6.25. The molecule has 1 radical (unpaired) electrons. The van der Waals surface area contributed by atoms with Crippen LogP contribution >= 0.6 is 0 Å². The maximum absolute atomic E-state index is 12.6. The number of nitrogens with one attached hydrogen (secondary N) is 1. The third-order valence-electron chi connectivity index (χ3n) is 4.14. The van der Waals surface area contributed by atoms with Crippen LogP contribution in [0.4, 0.5) is 0 Å². The van der Waals surface area contributed by atoms with E-state index in [1.165, 1.54) is 6.07 Å². The molecule has 2 aromatic carbocycles. The molecule has 4 rings (SSSR count). The standard InChI is InChI=1S/C20H15N5O5.Na/c21-9-12-4-6-14(7-5-12)28-10-13(26)11-29-16-2-1-3-17-19(16)15(27)8-18(30-17)20-22-24-25-23-20;/h1-8,13,26H,10-11H2,(H,22,23,24,25);. The fraction of sp³-hybridized carbons (Fsp3) is 0.150. The average Bonchev–Trinajstić information content (AvgIpc) is 3.31. The van der Waals surface area contributed by atoms with Gasteiger partial charge in [0.05, 0.1) is 11.6 Å². The van der Waals surface area contributed by atoms with Crippen LogP contribution in [0.3, 0.4) is 0 Å². The van der Waals surface area contributed by atoms with Gasteiger partial charge in [0.2, 0.25) is 5.82 Å². The zero-order chi connectivity index (χ0) is 20.9. The first-order chi connectivity index (χ1) is 14.6. The van der Waals surface area contributed by atoms with Gasteiger partial charge >= 0.3 is 0 Å². The van der Waals surface area contributed by atoms with Crippen LogP contribution in [0, 0.1) is 11.3 Å². The zero-order valence-corrected chi connectivity index (χ0v) is 18.5. The molecule has 10 nitrogen and oxygen atoms in total. The molecule has 0 aliphatic heterocycles. The number of tetrazole rings is 1. The molecule has 0 bridgehead atoms. The number of fused-ring (bicyclic) bond motifs is 1. The third-order valence-corrected chi connectivity index (χ3v) is 4.14. The molecule has 0 spiro atoms. The molecule has 2 heterocycles. The molecule has 2 N–H and O–H groups in total. The fourth-order valence-corrected chi connectivity index (χ4v) is 2.73. The van der Waals surface area contributed by atoms with Crippen LogP contribution in [-0.4, -0.2) is 74.6 Å². The fourth-order valence-electron chi connectivity index (χ4n) is 2.73. The van der Waals surface area contributed by atoms with E-state index in [0.29, 0.717) is 16.9 Å². The van der Waals surface area contributed by atoms with E-state index < -0.39 is 6.10 Å². The van der Waals surface area contributed by atoms with E-state index in [-0.39, 0.29) is 70.9 Å². The topological polar surface area (TPSA) is 147 Å². The van der Waals surface area contributed by atoms with Gasteiger partial charge in [-0.25, -0.2) is 0 Å². The van der Waals surface area contributed by atoms with E-state index in [1.54, 1.807) is 42.5 Å². The third kappa shape index (κ3) is 5.28. The summed E-state index contributed by atoms with van der Waals surface area (Å²) in [7, 11) is 0. The van der Waals surface area contributed by atoms with E-state index in [1.807, 2.05) is 6.07 Å². The minimum Gasteiger partial charge on any atom is -0.491 e. The summed E-state index contributed by atoms with van der Waals surface area (Å²) < 4.78 is 16.8. The monoisotopic (exact) mass is 428 g/mol. The number of aromatic amines is 1. The Kier molecular flexibility index (Phi) is 7.38. The number of H-pyrrole nitrogens is 1. The van der Waals surface area contributed by atoms with Gasteiger partial charge in [0.1, 0.15) is 41.8 Å². The maximum Gasteiger partial charge on any atom is 0.239 e. The van der Waals surface area contributed by atoms with E-state index in [0.717, 1.165) is 0 Å². The SMILES string of the molecule is N#Cc1ccc(OCC(O)COc2cccc3oc(-c4nn[nH]n4)cc(=O)c23)cc1.[Na]. The van der Waals surface area contributed by atoms with E-state index in [9.17, 15) is 9.90 Å². The second-order valence-corrected chi connectivity index (χ2v) is 6.25. The predicted octanol–water partition coefficient (Wildman–Crippen LogP) is 1.28. The van der Waals surface area contributed by atoms with Crippen molar-refractivity contribution in [2.75, 3.05) is 13.2 Å². The summed E-state index contributed by atoms with van der Waals surface area (Å²) >= 11 is 0. The number of aliphatic hydroxyl groups excluding tert-OH is 1. The number of aromatic nitrogens is 4. The quantitative estimate of drug-likeness (QED) is 0.415. The number of hydrogen-bond donors (Lipinski definition) is 2. The smallest absolute Gasteiger partial charge is 0.239 e. The number of rotatable bonds is 7. The van der Waals surface area contributed by atoms with E-state index >= 15 is 0 Å². The molecule has 0 aliphatic carbocycles. The summed E-state index contributed by atoms with van der Waals surface area (Å²) in [4.78, 5) is 12.6. The van der Waals surface area contributed by atoms with Gasteiger partial charge in [-0.05, 0) is 41.6 Å². The van der Waals surface area contributed by atoms with Crippen LogP contribution in [-0.2, 0) is 0 Å². The van der Waals surface area contributed by atoms with E-state index in [4.69, 9.17) is 19.2 Å². The van der Waals surface area contributed by atoms with Crippen LogP contribution in [0.2, 0.25) is 0 Å². The molecule has 151 valence electrons. The maximum atomic E-state index is 12.6.